The molecular weight excluding hydrogens is 362 g/mol. The molecule has 0 aliphatic carbocycles. The fourth-order valence-corrected chi connectivity index (χ4v) is 3.88. The summed E-state index contributed by atoms with van der Waals surface area (Å²) in [4.78, 5) is 34.7. The third-order valence-electron chi connectivity index (χ3n) is 3.98. The van der Waals surface area contributed by atoms with E-state index in [1.54, 1.807) is 13.8 Å². The van der Waals surface area contributed by atoms with Gasteiger partial charge < -0.3 is 15.7 Å². The van der Waals surface area contributed by atoms with Crippen LogP contribution in [0.4, 0.5) is 0 Å². The van der Waals surface area contributed by atoms with Gasteiger partial charge in [-0.2, -0.15) is 4.31 Å². The molecule has 1 fully saturated rings. The molecule has 1 aromatic rings. The number of sulfonamides is 1. The molecule has 0 saturated carbocycles. The molecule has 0 spiro atoms. The zero-order valence-electron chi connectivity index (χ0n) is 14.4. The van der Waals surface area contributed by atoms with Gasteiger partial charge in [-0.1, -0.05) is 13.8 Å². The van der Waals surface area contributed by atoms with Crippen LogP contribution >= 0.6 is 0 Å². The van der Waals surface area contributed by atoms with Crippen molar-refractivity contribution in [3.63, 3.8) is 0 Å². The van der Waals surface area contributed by atoms with Crippen LogP contribution in [0.3, 0.4) is 0 Å². The standard InChI is InChI=1S/C16H21N3O6S/c1-10(2)14(16(22)23)18-15(21)11-3-5-12(6-4-11)26(24,25)19-8-7-17-13(20)9-19/h3-6,10,14H,7-9H2,1-2H3,(H,17,20)(H,18,21)(H,22,23)/t14-/m0/s1. The zero-order chi connectivity index (χ0) is 19.5. The van der Waals surface area contributed by atoms with Crippen LogP contribution in [-0.4, -0.2) is 61.3 Å². The fourth-order valence-electron chi connectivity index (χ4n) is 2.49. The lowest BCUT2D eigenvalue weighted by atomic mass is 10.0. The van der Waals surface area contributed by atoms with Crippen molar-refractivity contribution < 1.29 is 27.9 Å². The first-order valence-corrected chi connectivity index (χ1v) is 9.47. The molecule has 2 rings (SSSR count). The Bertz CT molecular complexity index is 804. The number of hydrogen-bond acceptors (Lipinski definition) is 5. The van der Waals surface area contributed by atoms with Crippen LogP contribution in [-0.2, 0) is 19.6 Å². The summed E-state index contributed by atoms with van der Waals surface area (Å²) >= 11 is 0. The molecule has 0 bridgehead atoms. The summed E-state index contributed by atoms with van der Waals surface area (Å²) in [5.41, 5.74) is 0.146. The van der Waals surface area contributed by atoms with Gasteiger partial charge in [-0.15, -0.1) is 0 Å². The summed E-state index contributed by atoms with van der Waals surface area (Å²) in [6, 6.07) is 4.11. The quantitative estimate of drug-likeness (QED) is 0.615. The van der Waals surface area contributed by atoms with E-state index in [0.717, 1.165) is 4.31 Å². The highest BCUT2D eigenvalue weighted by atomic mass is 32.2. The van der Waals surface area contributed by atoms with Crippen LogP contribution in [0, 0.1) is 5.92 Å². The van der Waals surface area contributed by atoms with E-state index in [0.29, 0.717) is 0 Å². The van der Waals surface area contributed by atoms with Crippen molar-refractivity contribution in [3.8, 4) is 0 Å². The summed E-state index contributed by atoms with van der Waals surface area (Å²) in [6.07, 6.45) is 0. The lowest BCUT2D eigenvalue weighted by Crippen LogP contribution is -2.49. The highest BCUT2D eigenvalue weighted by Gasteiger charge is 2.29. The monoisotopic (exact) mass is 383 g/mol. The van der Waals surface area contributed by atoms with Crippen LogP contribution < -0.4 is 10.6 Å². The Balaban J connectivity index is 2.15. The van der Waals surface area contributed by atoms with E-state index in [1.807, 2.05) is 0 Å². The summed E-state index contributed by atoms with van der Waals surface area (Å²) in [5.74, 6) is -2.42. The van der Waals surface area contributed by atoms with Crippen molar-refractivity contribution >= 4 is 27.8 Å². The Kier molecular flexibility index (Phi) is 5.98. The van der Waals surface area contributed by atoms with Crippen LogP contribution in [0.2, 0.25) is 0 Å². The minimum absolute atomic E-state index is 0.0394. The van der Waals surface area contributed by atoms with Gasteiger partial charge in [0, 0.05) is 18.7 Å². The second kappa shape index (κ2) is 7.83. The van der Waals surface area contributed by atoms with Gasteiger partial charge in [0.05, 0.1) is 11.4 Å². The Hall–Kier alpha value is -2.46. The zero-order valence-corrected chi connectivity index (χ0v) is 15.2. The van der Waals surface area contributed by atoms with Gasteiger partial charge in [-0.05, 0) is 30.2 Å². The third kappa shape index (κ3) is 4.38. The number of benzene rings is 1. The van der Waals surface area contributed by atoms with Crippen LogP contribution in [0.25, 0.3) is 0 Å². The van der Waals surface area contributed by atoms with Crippen molar-refractivity contribution in [3.05, 3.63) is 29.8 Å². The third-order valence-corrected chi connectivity index (χ3v) is 5.84. The highest BCUT2D eigenvalue weighted by molar-refractivity contribution is 7.89. The Morgan fingerprint density at radius 1 is 1.23 bits per heavy atom. The number of piperazine rings is 1. The second-order valence-corrected chi connectivity index (χ2v) is 8.18. The van der Waals surface area contributed by atoms with E-state index in [4.69, 9.17) is 5.11 Å². The van der Waals surface area contributed by atoms with Gasteiger partial charge in [0.15, 0.2) is 0 Å². The van der Waals surface area contributed by atoms with E-state index in [-0.39, 0.29) is 41.9 Å². The molecule has 0 radical (unpaired) electrons. The highest BCUT2D eigenvalue weighted by Crippen LogP contribution is 2.17. The molecule has 1 aliphatic heterocycles. The van der Waals surface area contributed by atoms with E-state index in [2.05, 4.69) is 10.6 Å². The maximum Gasteiger partial charge on any atom is 0.326 e. The van der Waals surface area contributed by atoms with Gasteiger partial charge in [0.25, 0.3) is 5.91 Å². The Morgan fingerprint density at radius 3 is 2.35 bits per heavy atom. The summed E-state index contributed by atoms with van der Waals surface area (Å²) in [6.45, 7) is 3.50. The van der Waals surface area contributed by atoms with Gasteiger partial charge >= 0.3 is 5.97 Å². The molecule has 0 aromatic heterocycles. The molecule has 26 heavy (non-hydrogen) atoms. The Morgan fingerprint density at radius 2 is 1.85 bits per heavy atom. The van der Waals surface area contributed by atoms with Crippen molar-refractivity contribution in [2.45, 2.75) is 24.8 Å². The number of carboxylic acids is 1. The second-order valence-electron chi connectivity index (χ2n) is 6.25. The number of carbonyl (C=O) groups excluding carboxylic acids is 2. The summed E-state index contributed by atoms with van der Waals surface area (Å²) in [5, 5.41) is 14.1. The molecule has 9 nitrogen and oxygen atoms in total. The molecule has 1 atom stereocenters. The summed E-state index contributed by atoms with van der Waals surface area (Å²) < 4.78 is 26.1. The van der Waals surface area contributed by atoms with E-state index in [1.165, 1.54) is 24.3 Å². The molecule has 1 aromatic carbocycles. The van der Waals surface area contributed by atoms with Crippen LogP contribution in [0.15, 0.2) is 29.2 Å². The average molecular weight is 383 g/mol. The molecule has 3 N–H and O–H groups in total. The molecular formula is C16H21N3O6S. The van der Waals surface area contributed by atoms with Crippen LogP contribution in [0.1, 0.15) is 24.2 Å². The molecule has 10 heteroatoms. The van der Waals surface area contributed by atoms with Crippen molar-refractivity contribution in [2.24, 2.45) is 5.92 Å². The maximum absolute atomic E-state index is 12.5. The molecule has 0 unspecified atom stereocenters. The van der Waals surface area contributed by atoms with Crippen molar-refractivity contribution in [1.82, 2.24) is 14.9 Å². The van der Waals surface area contributed by atoms with E-state index >= 15 is 0 Å². The van der Waals surface area contributed by atoms with Crippen molar-refractivity contribution in [1.29, 1.82) is 0 Å². The van der Waals surface area contributed by atoms with Crippen LogP contribution in [0.5, 0.6) is 0 Å². The number of carbonyl (C=O) groups is 3. The lowest BCUT2D eigenvalue weighted by molar-refractivity contribution is -0.140. The minimum atomic E-state index is -3.84. The lowest BCUT2D eigenvalue weighted by Gasteiger charge is -2.25. The topological polar surface area (TPSA) is 133 Å². The number of hydrogen-bond donors (Lipinski definition) is 3. The predicted octanol–water partition coefficient (Wildman–Crippen LogP) is -0.354. The number of aliphatic carboxylic acids is 1. The predicted molar refractivity (Wildman–Crippen MR) is 91.9 cm³/mol. The molecule has 1 aliphatic rings. The van der Waals surface area contributed by atoms with Gasteiger partial charge in [-0.3, -0.25) is 9.59 Å². The first kappa shape index (κ1) is 19.9. The average Bonchev–Trinajstić information content (AvgIpc) is 2.59. The molecule has 142 valence electrons. The number of carboxylic acid groups (broad SMARTS) is 1. The van der Waals surface area contributed by atoms with Crippen molar-refractivity contribution in [2.75, 3.05) is 19.6 Å². The smallest absolute Gasteiger partial charge is 0.326 e. The minimum Gasteiger partial charge on any atom is -0.480 e. The van der Waals surface area contributed by atoms with Gasteiger partial charge in [0.1, 0.15) is 6.04 Å². The first-order chi connectivity index (χ1) is 12.1. The van der Waals surface area contributed by atoms with E-state index in [9.17, 15) is 22.8 Å². The summed E-state index contributed by atoms with van der Waals surface area (Å²) in [7, 11) is -3.84. The Labute approximate surface area is 151 Å². The molecule has 1 saturated heterocycles. The van der Waals surface area contributed by atoms with Gasteiger partial charge in [0.2, 0.25) is 15.9 Å². The maximum atomic E-state index is 12.5. The molecule has 1 heterocycles. The largest absolute Gasteiger partial charge is 0.480 e. The number of nitrogens with one attached hydrogen (secondary N) is 2. The normalized spacial score (nSPS) is 16.8. The number of amides is 2. The first-order valence-electron chi connectivity index (χ1n) is 8.03. The van der Waals surface area contributed by atoms with Gasteiger partial charge in [-0.25, -0.2) is 13.2 Å². The number of rotatable bonds is 6. The molecule has 2 amide bonds. The number of nitrogens with zero attached hydrogens (tertiary/aromatic N) is 1. The SMILES string of the molecule is CC(C)[C@H](NC(=O)c1ccc(S(=O)(=O)N2CCNC(=O)C2)cc1)C(=O)O. The fraction of sp³-hybridized carbons (Fsp3) is 0.438. The van der Waals surface area contributed by atoms with E-state index < -0.39 is 27.9 Å².